The minimum Gasteiger partial charge on any atom is -0.390 e. The van der Waals surface area contributed by atoms with E-state index in [0.29, 0.717) is 5.92 Å². The van der Waals surface area contributed by atoms with Crippen molar-refractivity contribution in [2.45, 2.75) is 64.7 Å². The molecule has 4 aliphatic heterocycles. The van der Waals surface area contributed by atoms with Gasteiger partial charge in [0.05, 0.1) is 28.4 Å². The zero-order chi connectivity index (χ0) is 61.8. The van der Waals surface area contributed by atoms with E-state index in [4.69, 9.17) is 0 Å². The highest BCUT2D eigenvalue weighted by atomic mass is 15.3. The fourth-order valence-corrected chi connectivity index (χ4v) is 16.5. The van der Waals surface area contributed by atoms with Crippen LogP contribution in [0.15, 0.2) is 285 Å². The number of nitrogens with zero attached hydrogens (tertiary/aromatic N) is 6. The van der Waals surface area contributed by atoms with Gasteiger partial charge in [-0.1, -0.05) is 218 Å². The molecule has 5 aliphatic rings. The van der Waals surface area contributed by atoms with Crippen LogP contribution in [0.5, 0.6) is 0 Å². The number of anilines is 12. The quantitative estimate of drug-likeness (QED) is 0.0767. The molecule has 1 fully saturated rings. The molecule has 1 atom stereocenters. The molecule has 0 saturated heterocycles. The van der Waals surface area contributed by atoms with Crippen LogP contribution in [0.4, 0.5) is 68.2 Å². The van der Waals surface area contributed by atoms with Crippen LogP contribution < -0.4 is 29.0 Å². The van der Waals surface area contributed by atoms with E-state index in [2.05, 4.69) is 335 Å². The van der Waals surface area contributed by atoms with Crippen molar-refractivity contribution in [3.05, 3.63) is 313 Å². The maximum atomic E-state index is 2.66. The molecule has 0 spiro atoms. The summed E-state index contributed by atoms with van der Waals surface area (Å²) in [5, 5.41) is 12.3. The Hall–Kier alpha value is -10.7. The fraction of sp³-hybridized carbons (Fsp3) is 0.129. The van der Waals surface area contributed by atoms with Gasteiger partial charge in [-0.05, 0) is 175 Å². The highest BCUT2D eigenvalue weighted by molar-refractivity contribution is 6.78. The van der Waals surface area contributed by atoms with Crippen molar-refractivity contribution < 1.29 is 0 Å². The van der Waals surface area contributed by atoms with E-state index in [1.54, 1.807) is 0 Å². The number of rotatable bonds is 10. The van der Waals surface area contributed by atoms with Gasteiger partial charge in [0.2, 0.25) is 0 Å². The Kier molecular flexibility index (Phi) is 13.2. The van der Waals surface area contributed by atoms with Gasteiger partial charge in [-0.25, -0.2) is 0 Å². The monoisotopic (exact) mass is 1200 g/mol. The maximum Gasteiger partial charge on any atom is 0.412 e. The topological polar surface area (TPSA) is 19.4 Å². The molecule has 4 heterocycles. The number of para-hydroxylation sites is 4. The number of aryl methyl sites for hydroxylation is 3. The molecule has 0 aromatic heterocycles. The SMILES string of the molecule is Cc1ccc(N(c2ccc(C)c(C3C=CB4N(C3)c3ccccc3N4c3cc4c5ccccc5c(N(c5ccc(C)cc5)c5ccc(C6CCCCC6)cc5)cc4c4ccccc34)c2)c2c3ccccc3c(N3B4C=CC=CN4c4ccccc43)c3ccccc23)cc1. The van der Waals surface area contributed by atoms with Crippen molar-refractivity contribution in [3.63, 3.8) is 0 Å². The molecule has 6 nitrogen and oxygen atoms in total. The van der Waals surface area contributed by atoms with Gasteiger partial charge in [0, 0.05) is 84.6 Å². The van der Waals surface area contributed by atoms with Crippen LogP contribution in [-0.2, 0) is 0 Å². The van der Waals surface area contributed by atoms with Crippen LogP contribution in [0.3, 0.4) is 0 Å². The van der Waals surface area contributed by atoms with E-state index in [-0.39, 0.29) is 19.9 Å². The summed E-state index contributed by atoms with van der Waals surface area (Å²) in [4.78, 5) is 15.3. The van der Waals surface area contributed by atoms with Crippen molar-refractivity contribution in [2.24, 2.45) is 0 Å². The van der Waals surface area contributed by atoms with Gasteiger partial charge in [0.1, 0.15) is 0 Å². The molecule has 1 unspecified atom stereocenters. The summed E-state index contributed by atoms with van der Waals surface area (Å²) in [6.45, 7) is 7.44. The predicted molar refractivity (Wildman–Crippen MR) is 398 cm³/mol. The smallest absolute Gasteiger partial charge is 0.390 e. The molecule has 0 N–H and O–H groups in total. The first-order valence-electron chi connectivity index (χ1n) is 33.5. The van der Waals surface area contributed by atoms with E-state index in [0.717, 1.165) is 23.6 Å². The number of benzene rings is 13. The molecular formula is C85H70B2N6. The first kappa shape index (κ1) is 55.2. The Morgan fingerprint density at radius 3 is 1.58 bits per heavy atom. The zero-order valence-corrected chi connectivity index (χ0v) is 52.9. The van der Waals surface area contributed by atoms with Gasteiger partial charge in [-0.15, -0.1) is 0 Å². The second-order valence-electron chi connectivity index (χ2n) is 26.4. The lowest BCUT2D eigenvalue weighted by molar-refractivity contribution is 0.443. The summed E-state index contributed by atoms with van der Waals surface area (Å²) < 4.78 is 0. The van der Waals surface area contributed by atoms with Crippen LogP contribution in [0.1, 0.15) is 71.8 Å². The van der Waals surface area contributed by atoms with Crippen LogP contribution in [0, 0.1) is 20.8 Å². The molecule has 446 valence electrons. The van der Waals surface area contributed by atoms with E-state index in [9.17, 15) is 0 Å². The molecule has 0 bridgehead atoms. The molecule has 8 heteroatoms. The molecule has 0 radical (unpaired) electrons. The van der Waals surface area contributed by atoms with E-state index < -0.39 is 0 Å². The minimum atomic E-state index is -0.0442. The molecule has 1 saturated carbocycles. The Balaban J connectivity index is 0.755. The van der Waals surface area contributed by atoms with E-state index in [1.807, 2.05) is 0 Å². The average Bonchev–Trinajstić information content (AvgIpc) is 1.72. The maximum absolute atomic E-state index is 2.66. The lowest BCUT2D eigenvalue weighted by Crippen LogP contribution is -2.48. The average molecular weight is 1200 g/mol. The molecule has 18 rings (SSSR count). The number of fused-ring (bicyclic) bond motifs is 13. The first-order valence-corrected chi connectivity index (χ1v) is 33.5. The third kappa shape index (κ3) is 9.01. The largest absolute Gasteiger partial charge is 0.412 e. The highest BCUT2D eigenvalue weighted by Gasteiger charge is 2.44. The van der Waals surface area contributed by atoms with Crippen molar-refractivity contribution >= 4 is 136 Å². The van der Waals surface area contributed by atoms with Gasteiger partial charge in [-0.2, -0.15) is 0 Å². The molecule has 93 heavy (non-hydrogen) atoms. The lowest BCUT2D eigenvalue weighted by Gasteiger charge is -2.36. The lowest BCUT2D eigenvalue weighted by atomic mass is 9.67. The number of hydrogen-bond donors (Lipinski definition) is 0. The van der Waals surface area contributed by atoms with Crippen LogP contribution in [0.25, 0.3) is 53.9 Å². The van der Waals surface area contributed by atoms with Gasteiger partial charge in [0.15, 0.2) is 0 Å². The van der Waals surface area contributed by atoms with Gasteiger partial charge in [-0.3, -0.25) is 0 Å². The molecular weight excluding hydrogens is 1130 g/mol. The van der Waals surface area contributed by atoms with Gasteiger partial charge < -0.3 is 29.0 Å². The molecule has 13 aromatic carbocycles. The summed E-state index contributed by atoms with van der Waals surface area (Å²) >= 11 is 0. The van der Waals surface area contributed by atoms with Gasteiger partial charge in [0.25, 0.3) is 0 Å². The summed E-state index contributed by atoms with van der Waals surface area (Å²) in [6, 6.07) is 94.3. The summed E-state index contributed by atoms with van der Waals surface area (Å²) in [6.07, 6.45) is 15.6. The number of hydrogen-bond acceptors (Lipinski definition) is 6. The van der Waals surface area contributed by atoms with Crippen LogP contribution in [-0.4, -0.2) is 20.5 Å². The van der Waals surface area contributed by atoms with Gasteiger partial charge >= 0.3 is 14.0 Å². The summed E-state index contributed by atoms with van der Waals surface area (Å²) in [5.74, 6) is 5.57. The first-order chi connectivity index (χ1) is 45.9. The van der Waals surface area contributed by atoms with Crippen LogP contribution in [0.2, 0.25) is 0 Å². The second kappa shape index (κ2) is 22.3. The third-order valence-electron chi connectivity index (χ3n) is 21.0. The summed E-state index contributed by atoms with van der Waals surface area (Å²) in [7, 11) is 0. The highest BCUT2D eigenvalue weighted by Crippen LogP contribution is 2.55. The zero-order valence-electron chi connectivity index (χ0n) is 52.9. The Morgan fingerprint density at radius 1 is 0.387 bits per heavy atom. The molecule has 13 aromatic rings. The van der Waals surface area contributed by atoms with Crippen molar-refractivity contribution in [1.82, 2.24) is 0 Å². The third-order valence-corrected chi connectivity index (χ3v) is 21.0. The van der Waals surface area contributed by atoms with E-state index >= 15 is 0 Å². The predicted octanol–water partition coefficient (Wildman–Crippen LogP) is 22.8. The minimum absolute atomic E-state index is 0.00167. The van der Waals surface area contributed by atoms with Crippen molar-refractivity contribution in [2.75, 3.05) is 35.6 Å². The Labute approximate surface area is 546 Å². The molecule has 1 aliphatic carbocycles. The Morgan fingerprint density at radius 2 is 0.914 bits per heavy atom. The molecule has 0 amide bonds. The van der Waals surface area contributed by atoms with Crippen molar-refractivity contribution in [3.8, 4) is 0 Å². The van der Waals surface area contributed by atoms with E-state index in [1.165, 1.54) is 165 Å². The fourth-order valence-electron chi connectivity index (χ4n) is 16.5. The Bertz CT molecular complexity index is 5170. The van der Waals surface area contributed by atoms with Crippen molar-refractivity contribution in [1.29, 1.82) is 0 Å². The van der Waals surface area contributed by atoms with Crippen LogP contribution >= 0.6 is 0 Å². The second-order valence-corrected chi connectivity index (χ2v) is 26.4. The number of allylic oxidation sites excluding steroid dienone is 2. The standard InChI is InChI=1S/C85H70B2N6/c1-57-35-42-63(43-36-57)90(64-47-40-61(41-48-64)60-21-5-4-6-22-60)82-54-76-68-24-8-10-26-70(68)83(55-77(76)67-23-7-9-25-69(67)82)92-80-33-17-16-32-79(80)89-56-62(49-51-87(89)92)75-53-66(46-39-59(75)3)91(65-44-37-58(2)38-45-65)84-71-27-11-13-29-73(71)85(74-30-14-12-28-72(74)84)93-81-34-18-15-31-78(81)88-52-20-19-50-86(88)93/h7-20,23-55,60,62H,4-6,21-22,56H2,1-3H3. The normalized spacial score (nSPS) is 15.9. The summed E-state index contributed by atoms with van der Waals surface area (Å²) in [5.41, 5.74) is 20.8.